The number of benzene rings is 1. The maximum Gasteiger partial charge on any atom is 0.295 e. The van der Waals surface area contributed by atoms with Crippen LogP contribution in [0.15, 0.2) is 49.1 Å². The van der Waals surface area contributed by atoms with E-state index in [1.165, 1.54) is 35.4 Å². The van der Waals surface area contributed by atoms with Crippen molar-refractivity contribution in [3.8, 4) is 11.6 Å². The summed E-state index contributed by atoms with van der Waals surface area (Å²) in [4.78, 5) is 56.9. The lowest BCUT2D eigenvalue weighted by atomic mass is 10.1. The molecule has 1 aliphatic rings. The number of hydrogen-bond acceptors (Lipinski definition) is 9. The SMILES string of the molecule is CCN(CC)CCNc1ncn(-c2ncc(OC)c3c(C(=O)C(=O)N4CCN(C(=O)c5ccccc5)CC4)c[nH]c23)n1. The zero-order valence-corrected chi connectivity index (χ0v) is 24.0. The molecule has 1 fully saturated rings. The van der Waals surface area contributed by atoms with Gasteiger partial charge in [-0.05, 0) is 25.2 Å². The van der Waals surface area contributed by atoms with Crippen LogP contribution in [0.3, 0.4) is 0 Å². The fourth-order valence-electron chi connectivity index (χ4n) is 5.06. The summed E-state index contributed by atoms with van der Waals surface area (Å²) in [7, 11) is 1.48. The van der Waals surface area contributed by atoms with Crippen molar-refractivity contribution in [3.63, 3.8) is 0 Å². The minimum absolute atomic E-state index is 0.0919. The van der Waals surface area contributed by atoms with Gasteiger partial charge in [-0.15, -0.1) is 5.10 Å². The molecule has 0 saturated carbocycles. The van der Waals surface area contributed by atoms with E-state index in [-0.39, 0.29) is 24.6 Å². The van der Waals surface area contributed by atoms with Crippen LogP contribution in [0, 0.1) is 0 Å². The van der Waals surface area contributed by atoms with Crippen molar-refractivity contribution in [2.45, 2.75) is 13.8 Å². The predicted octanol–water partition coefficient (Wildman–Crippen LogP) is 2.07. The van der Waals surface area contributed by atoms with Gasteiger partial charge < -0.3 is 29.7 Å². The number of likely N-dealkylation sites (N-methyl/N-ethyl adjacent to an activating group) is 1. The average molecular weight is 574 g/mol. The number of ether oxygens (including phenoxy) is 1. The maximum absolute atomic E-state index is 13.5. The first-order chi connectivity index (χ1) is 20.4. The Balaban J connectivity index is 1.31. The smallest absolute Gasteiger partial charge is 0.295 e. The zero-order chi connectivity index (χ0) is 29.6. The van der Waals surface area contributed by atoms with E-state index in [1.54, 1.807) is 17.0 Å². The van der Waals surface area contributed by atoms with Crippen LogP contribution >= 0.6 is 0 Å². The fraction of sp³-hybridized carbons (Fsp3) is 0.379. The van der Waals surface area contributed by atoms with Crippen molar-refractivity contribution >= 4 is 34.4 Å². The summed E-state index contributed by atoms with van der Waals surface area (Å²) in [5.74, 6) is -0.182. The molecule has 0 aliphatic carbocycles. The Labute approximate surface area is 243 Å². The third-order valence-electron chi connectivity index (χ3n) is 7.50. The second-order valence-corrected chi connectivity index (χ2v) is 9.85. The zero-order valence-electron chi connectivity index (χ0n) is 24.0. The number of nitrogens with zero attached hydrogens (tertiary/aromatic N) is 7. The van der Waals surface area contributed by atoms with E-state index in [2.05, 4.69) is 44.1 Å². The van der Waals surface area contributed by atoms with E-state index < -0.39 is 11.7 Å². The highest BCUT2D eigenvalue weighted by Gasteiger charge is 2.31. The van der Waals surface area contributed by atoms with Crippen LogP contribution in [0.4, 0.5) is 5.95 Å². The first-order valence-corrected chi connectivity index (χ1v) is 14.0. The normalized spacial score (nSPS) is 13.5. The van der Waals surface area contributed by atoms with Crippen LogP contribution in [0.1, 0.15) is 34.6 Å². The lowest BCUT2D eigenvalue weighted by Crippen LogP contribution is -2.52. The predicted molar refractivity (Wildman–Crippen MR) is 157 cm³/mol. The third kappa shape index (κ3) is 5.81. The number of amides is 2. The Morgan fingerprint density at radius 2 is 1.74 bits per heavy atom. The topological polar surface area (TPSA) is 142 Å². The second kappa shape index (κ2) is 12.8. The summed E-state index contributed by atoms with van der Waals surface area (Å²) in [6, 6.07) is 9.01. The van der Waals surface area contributed by atoms with Gasteiger partial charge >= 0.3 is 0 Å². The molecule has 1 aromatic carbocycles. The highest BCUT2D eigenvalue weighted by atomic mass is 16.5. The summed E-state index contributed by atoms with van der Waals surface area (Å²) in [5.41, 5.74) is 1.26. The highest BCUT2D eigenvalue weighted by Crippen LogP contribution is 2.32. The number of carbonyl (C=O) groups is 3. The molecule has 0 atom stereocenters. The average Bonchev–Trinajstić information content (AvgIpc) is 3.70. The van der Waals surface area contributed by atoms with Gasteiger partial charge in [0.05, 0.1) is 29.8 Å². The molecule has 42 heavy (non-hydrogen) atoms. The number of carbonyl (C=O) groups excluding carboxylic acids is 3. The van der Waals surface area contributed by atoms with Gasteiger partial charge in [0.25, 0.3) is 17.6 Å². The Morgan fingerprint density at radius 1 is 1.02 bits per heavy atom. The molecule has 1 aliphatic heterocycles. The summed E-state index contributed by atoms with van der Waals surface area (Å²) >= 11 is 0. The number of anilines is 1. The number of methoxy groups -OCH3 is 1. The Morgan fingerprint density at radius 3 is 2.43 bits per heavy atom. The fourth-order valence-corrected chi connectivity index (χ4v) is 5.06. The molecule has 4 aromatic rings. The molecular formula is C29H35N9O4. The van der Waals surface area contributed by atoms with Crippen LogP contribution in [-0.4, -0.2) is 116 Å². The number of Topliss-reactive ketones (excluding diaryl/α,β-unsaturated/α-hetero) is 1. The number of pyridine rings is 1. The maximum atomic E-state index is 13.5. The monoisotopic (exact) mass is 573 g/mol. The van der Waals surface area contributed by atoms with Gasteiger partial charge in [-0.2, -0.15) is 4.68 Å². The summed E-state index contributed by atoms with van der Waals surface area (Å²) in [6.07, 6.45) is 4.53. The van der Waals surface area contributed by atoms with E-state index >= 15 is 0 Å². The second-order valence-electron chi connectivity index (χ2n) is 9.85. The van der Waals surface area contributed by atoms with E-state index in [0.717, 1.165) is 19.6 Å². The molecule has 0 radical (unpaired) electrons. The Hall–Kier alpha value is -4.78. The number of ketones is 1. The van der Waals surface area contributed by atoms with Crippen molar-refractivity contribution in [2.24, 2.45) is 0 Å². The van der Waals surface area contributed by atoms with Crippen LogP contribution in [0.2, 0.25) is 0 Å². The summed E-state index contributed by atoms with van der Waals surface area (Å²) in [5, 5.41) is 8.16. The number of aromatic nitrogens is 5. The summed E-state index contributed by atoms with van der Waals surface area (Å²) < 4.78 is 7.02. The Kier molecular flexibility index (Phi) is 8.77. The third-order valence-corrected chi connectivity index (χ3v) is 7.50. The van der Waals surface area contributed by atoms with Crippen LogP contribution in [-0.2, 0) is 4.79 Å². The molecule has 13 nitrogen and oxygen atoms in total. The molecular weight excluding hydrogens is 538 g/mol. The first kappa shape index (κ1) is 28.7. The van der Waals surface area contributed by atoms with Crippen LogP contribution < -0.4 is 10.1 Å². The van der Waals surface area contributed by atoms with Crippen molar-refractivity contribution in [3.05, 3.63) is 60.2 Å². The van der Waals surface area contributed by atoms with E-state index in [0.29, 0.717) is 53.6 Å². The lowest BCUT2D eigenvalue weighted by molar-refractivity contribution is -0.127. The van der Waals surface area contributed by atoms with Crippen molar-refractivity contribution in [1.82, 2.24) is 39.4 Å². The molecule has 4 heterocycles. The molecule has 1 saturated heterocycles. The van der Waals surface area contributed by atoms with Crippen molar-refractivity contribution in [1.29, 1.82) is 0 Å². The Bertz CT molecular complexity index is 1550. The number of aromatic amines is 1. The molecule has 5 rings (SSSR count). The standard InChI is InChI=1S/C29H35N9O4/c1-4-35(5-2)12-11-30-29-33-19-38(34-29)26-24-23(22(42-3)18-32-26)21(17-31-24)25(39)28(41)37-15-13-36(14-16-37)27(40)20-9-7-6-8-10-20/h6-10,17-19,31H,4-5,11-16H2,1-3H3,(H,30,34). The van der Waals surface area contributed by atoms with E-state index in [1.807, 2.05) is 18.2 Å². The summed E-state index contributed by atoms with van der Waals surface area (Å²) in [6.45, 7) is 8.94. The van der Waals surface area contributed by atoms with Crippen LogP contribution in [0.25, 0.3) is 16.7 Å². The number of fused-ring (bicyclic) bond motifs is 1. The molecule has 220 valence electrons. The first-order valence-electron chi connectivity index (χ1n) is 14.0. The van der Waals surface area contributed by atoms with Gasteiger partial charge in [-0.3, -0.25) is 14.4 Å². The molecule has 2 amide bonds. The number of hydrogen-bond donors (Lipinski definition) is 2. The minimum atomic E-state index is -0.670. The van der Waals surface area contributed by atoms with Gasteiger partial charge in [-0.25, -0.2) is 9.97 Å². The lowest BCUT2D eigenvalue weighted by Gasteiger charge is -2.34. The number of rotatable bonds is 11. The van der Waals surface area contributed by atoms with Gasteiger partial charge in [0.2, 0.25) is 5.95 Å². The van der Waals surface area contributed by atoms with Gasteiger partial charge in [0.15, 0.2) is 5.82 Å². The number of piperazine rings is 1. The minimum Gasteiger partial charge on any atom is -0.494 e. The number of H-pyrrole nitrogens is 1. The number of nitrogens with one attached hydrogen (secondary N) is 2. The molecule has 3 aromatic heterocycles. The van der Waals surface area contributed by atoms with Gasteiger partial charge in [0.1, 0.15) is 12.1 Å². The van der Waals surface area contributed by atoms with Crippen molar-refractivity contribution in [2.75, 3.05) is 64.8 Å². The molecule has 0 bridgehead atoms. The van der Waals surface area contributed by atoms with E-state index in [4.69, 9.17) is 4.74 Å². The van der Waals surface area contributed by atoms with Crippen molar-refractivity contribution < 1.29 is 19.1 Å². The van der Waals surface area contributed by atoms with Gasteiger partial charge in [0, 0.05) is 51.0 Å². The molecule has 0 unspecified atom stereocenters. The molecule has 2 N–H and O–H groups in total. The quantitative estimate of drug-likeness (QED) is 0.204. The molecule has 13 heteroatoms. The largest absolute Gasteiger partial charge is 0.494 e. The van der Waals surface area contributed by atoms with E-state index in [9.17, 15) is 14.4 Å². The molecule has 0 spiro atoms. The highest BCUT2D eigenvalue weighted by molar-refractivity contribution is 6.45. The van der Waals surface area contributed by atoms with Gasteiger partial charge in [-0.1, -0.05) is 32.0 Å². The van der Waals surface area contributed by atoms with Crippen LogP contribution in [0.5, 0.6) is 5.75 Å².